The Labute approximate surface area is 182 Å². The summed E-state index contributed by atoms with van der Waals surface area (Å²) in [6.07, 6.45) is 0. The van der Waals surface area contributed by atoms with Crippen LogP contribution in [0.15, 0.2) is 53.4 Å². The minimum atomic E-state index is -3.85. The van der Waals surface area contributed by atoms with Crippen molar-refractivity contribution in [3.63, 3.8) is 0 Å². The smallest absolute Gasteiger partial charge is 0.243 e. The Bertz CT molecular complexity index is 977. The van der Waals surface area contributed by atoms with Crippen LogP contribution >= 0.6 is 11.6 Å². The summed E-state index contributed by atoms with van der Waals surface area (Å²) in [5.41, 5.74) is 1.12. The molecule has 0 aliphatic carbocycles. The molecule has 0 radical (unpaired) electrons. The summed E-state index contributed by atoms with van der Waals surface area (Å²) in [7, 11) is -2.44. The number of benzene rings is 2. The summed E-state index contributed by atoms with van der Waals surface area (Å²) in [6, 6.07) is 14.3. The molecule has 1 aliphatic heterocycles. The van der Waals surface area contributed by atoms with Gasteiger partial charge in [0.1, 0.15) is 5.75 Å². The number of carbonyl (C=O) groups is 1. The van der Waals surface area contributed by atoms with E-state index in [0.29, 0.717) is 38.5 Å². The molecule has 0 spiro atoms. The van der Waals surface area contributed by atoms with Gasteiger partial charge in [0.25, 0.3) is 0 Å². The van der Waals surface area contributed by atoms with Crippen LogP contribution < -0.4 is 9.64 Å². The maximum atomic E-state index is 12.9. The lowest BCUT2D eigenvalue weighted by atomic mass is 10.2. The van der Waals surface area contributed by atoms with E-state index in [1.807, 2.05) is 37.3 Å². The van der Waals surface area contributed by atoms with Crippen LogP contribution in [0.3, 0.4) is 0 Å². The normalized spacial score (nSPS) is 14.8. The fourth-order valence-electron chi connectivity index (χ4n) is 3.32. The first kappa shape index (κ1) is 22.4. The van der Waals surface area contributed by atoms with Gasteiger partial charge in [-0.3, -0.25) is 4.79 Å². The summed E-state index contributed by atoms with van der Waals surface area (Å²) in [5.74, 6) is 0.207. The molecule has 162 valence electrons. The Morgan fingerprint density at radius 1 is 1.10 bits per heavy atom. The molecule has 9 heteroatoms. The lowest BCUT2D eigenvalue weighted by molar-refractivity contribution is -0.131. The summed E-state index contributed by atoms with van der Waals surface area (Å²) in [6.45, 7) is 4.55. The number of piperazine rings is 1. The Morgan fingerprint density at radius 3 is 2.37 bits per heavy atom. The highest BCUT2D eigenvalue weighted by molar-refractivity contribution is 7.89. The third-order valence-electron chi connectivity index (χ3n) is 5.02. The Balaban J connectivity index is 1.60. The number of sulfonamides is 1. The lowest BCUT2D eigenvalue weighted by Gasteiger charge is -2.36. The SMILES string of the molecule is CCOc1ccc(S(=O)(=O)N(C)CC(=O)N2CCN(c3ccccc3)CC2)cc1Cl. The van der Waals surface area contributed by atoms with Crippen LogP contribution in [-0.4, -0.2) is 69.9 Å². The maximum Gasteiger partial charge on any atom is 0.243 e. The number of anilines is 1. The zero-order valence-corrected chi connectivity index (χ0v) is 18.7. The Morgan fingerprint density at radius 2 is 1.77 bits per heavy atom. The Hall–Kier alpha value is -2.29. The van der Waals surface area contributed by atoms with Gasteiger partial charge >= 0.3 is 0 Å². The third kappa shape index (κ3) is 5.06. The number of ether oxygens (including phenoxy) is 1. The highest BCUT2D eigenvalue weighted by Gasteiger charge is 2.27. The molecule has 3 rings (SSSR count). The Kier molecular flexibility index (Phi) is 7.23. The molecule has 0 saturated carbocycles. The molecule has 0 bridgehead atoms. The number of likely N-dealkylation sites (N-methyl/N-ethyl adjacent to an activating group) is 1. The van der Waals surface area contributed by atoms with Crippen molar-refractivity contribution in [2.45, 2.75) is 11.8 Å². The number of amides is 1. The molecule has 0 atom stereocenters. The van der Waals surface area contributed by atoms with E-state index in [-0.39, 0.29) is 22.4 Å². The van der Waals surface area contributed by atoms with E-state index in [9.17, 15) is 13.2 Å². The molecule has 7 nitrogen and oxygen atoms in total. The first-order valence-electron chi connectivity index (χ1n) is 9.79. The molecule has 2 aromatic rings. The van der Waals surface area contributed by atoms with Crippen LogP contribution in [0.2, 0.25) is 5.02 Å². The van der Waals surface area contributed by atoms with Gasteiger partial charge in [-0.15, -0.1) is 0 Å². The number of nitrogens with zero attached hydrogens (tertiary/aromatic N) is 3. The zero-order chi connectivity index (χ0) is 21.7. The van der Waals surface area contributed by atoms with Crippen LogP contribution in [0.1, 0.15) is 6.92 Å². The van der Waals surface area contributed by atoms with Gasteiger partial charge in [0.15, 0.2) is 0 Å². The second-order valence-corrected chi connectivity index (χ2v) is 9.44. The molecule has 2 aromatic carbocycles. The van der Waals surface area contributed by atoms with E-state index >= 15 is 0 Å². The van der Waals surface area contributed by atoms with E-state index in [1.165, 1.54) is 25.2 Å². The minimum Gasteiger partial charge on any atom is -0.492 e. The van der Waals surface area contributed by atoms with Gasteiger partial charge in [-0.25, -0.2) is 8.42 Å². The van der Waals surface area contributed by atoms with E-state index in [0.717, 1.165) is 9.99 Å². The van der Waals surface area contributed by atoms with Crippen molar-refractivity contribution in [1.82, 2.24) is 9.21 Å². The first-order chi connectivity index (χ1) is 14.3. The minimum absolute atomic E-state index is 0.0279. The van der Waals surface area contributed by atoms with E-state index in [4.69, 9.17) is 16.3 Å². The molecule has 1 amide bonds. The average molecular weight is 452 g/mol. The van der Waals surface area contributed by atoms with Gasteiger partial charge in [-0.2, -0.15) is 4.31 Å². The van der Waals surface area contributed by atoms with Gasteiger partial charge in [-0.1, -0.05) is 29.8 Å². The predicted molar refractivity (Wildman–Crippen MR) is 118 cm³/mol. The fraction of sp³-hybridized carbons (Fsp3) is 0.381. The fourth-order valence-corrected chi connectivity index (χ4v) is 4.77. The maximum absolute atomic E-state index is 12.9. The number of halogens is 1. The van der Waals surface area contributed by atoms with Gasteiger partial charge in [0.05, 0.1) is 23.1 Å². The molecular formula is C21H26ClN3O4S. The molecule has 0 unspecified atom stereocenters. The molecule has 1 saturated heterocycles. The number of para-hydroxylation sites is 1. The van der Waals surface area contributed by atoms with Gasteiger partial charge in [-0.05, 0) is 37.3 Å². The number of carbonyl (C=O) groups excluding carboxylic acids is 1. The molecule has 1 heterocycles. The number of rotatable bonds is 7. The standard InChI is InChI=1S/C21H26ClN3O4S/c1-3-29-20-10-9-18(15-19(20)22)30(27,28)23(2)16-21(26)25-13-11-24(12-14-25)17-7-5-4-6-8-17/h4-10,15H,3,11-14,16H2,1-2H3. The van der Waals surface area contributed by atoms with Crippen molar-refractivity contribution in [3.05, 3.63) is 53.6 Å². The van der Waals surface area contributed by atoms with Crippen LogP contribution in [0.5, 0.6) is 5.75 Å². The van der Waals surface area contributed by atoms with Gasteiger partial charge in [0.2, 0.25) is 15.9 Å². The summed E-state index contributed by atoms with van der Waals surface area (Å²) >= 11 is 6.12. The second-order valence-electron chi connectivity index (χ2n) is 6.99. The van der Waals surface area contributed by atoms with E-state index < -0.39 is 10.0 Å². The van der Waals surface area contributed by atoms with E-state index in [2.05, 4.69) is 4.90 Å². The number of hydrogen-bond donors (Lipinski definition) is 0. The van der Waals surface area contributed by atoms with E-state index in [1.54, 1.807) is 4.90 Å². The van der Waals surface area contributed by atoms with Crippen molar-refractivity contribution in [1.29, 1.82) is 0 Å². The van der Waals surface area contributed by atoms with Crippen molar-refractivity contribution in [2.24, 2.45) is 0 Å². The van der Waals surface area contributed by atoms with Crippen molar-refractivity contribution in [3.8, 4) is 5.75 Å². The van der Waals surface area contributed by atoms with Gasteiger partial charge < -0.3 is 14.5 Å². The second kappa shape index (κ2) is 9.68. The molecular weight excluding hydrogens is 426 g/mol. The van der Waals surface area contributed by atoms with Crippen LogP contribution in [0, 0.1) is 0 Å². The van der Waals surface area contributed by atoms with Crippen LogP contribution in [0.25, 0.3) is 0 Å². The molecule has 1 fully saturated rings. The third-order valence-corrected chi connectivity index (χ3v) is 7.12. The monoisotopic (exact) mass is 451 g/mol. The average Bonchev–Trinajstić information content (AvgIpc) is 2.76. The predicted octanol–water partition coefficient (Wildman–Crippen LogP) is 2.71. The quantitative estimate of drug-likeness (QED) is 0.647. The lowest BCUT2D eigenvalue weighted by Crippen LogP contribution is -2.51. The molecule has 30 heavy (non-hydrogen) atoms. The van der Waals surface area contributed by atoms with Crippen molar-refractivity contribution >= 4 is 33.2 Å². The van der Waals surface area contributed by atoms with Crippen LogP contribution in [-0.2, 0) is 14.8 Å². The molecule has 0 aromatic heterocycles. The number of hydrogen-bond acceptors (Lipinski definition) is 5. The summed E-state index contributed by atoms with van der Waals surface area (Å²) in [4.78, 5) is 16.6. The molecule has 1 aliphatic rings. The highest BCUT2D eigenvalue weighted by atomic mass is 35.5. The zero-order valence-electron chi connectivity index (χ0n) is 17.1. The van der Waals surface area contributed by atoms with Gasteiger partial charge in [0, 0.05) is 38.9 Å². The topological polar surface area (TPSA) is 70.2 Å². The first-order valence-corrected chi connectivity index (χ1v) is 11.6. The summed E-state index contributed by atoms with van der Waals surface area (Å²) in [5, 5.41) is 0.217. The van der Waals surface area contributed by atoms with Crippen LogP contribution in [0.4, 0.5) is 5.69 Å². The van der Waals surface area contributed by atoms with Crippen molar-refractivity contribution in [2.75, 3.05) is 51.3 Å². The largest absolute Gasteiger partial charge is 0.492 e. The highest BCUT2D eigenvalue weighted by Crippen LogP contribution is 2.28. The molecule has 0 N–H and O–H groups in total. The summed E-state index contributed by atoms with van der Waals surface area (Å²) < 4.78 is 32.1. The van der Waals surface area contributed by atoms with Crippen molar-refractivity contribution < 1.29 is 17.9 Å².